The zero-order valence-electron chi connectivity index (χ0n) is 18.6. The second-order valence-electron chi connectivity index (χ2n) is 7.63. The van der Waals surface area contributed by atoms with Gasteiger partial charge in [-0.05, 0) is 84.4 Å². The van der Waals surface area contributed by atoms with Crippen LogP contribution in [-0.2, 0) is 11.2 Å². The summed E-state index contributed by atoms with van der Waals surface area (Å²) in [6, 6.07) is 3.65. The van der Waals surface area contributed by atoms with Crippen molar-refractivity contribution in [2.45, 2.75) is 73.6 Å². The Hall–Kier alpha value is -2.29. The number of methoxy groups -OCH3 is 1. The number of esters is 1. The molecule has 0 fully saturated rings. The molecule has 154 valence electrons. The molecule has 0 bridgehead atoms. The summed E-state index contributed by atoms with van der Waals surface area (Å²) in [5, 5.41) is 0. The molecule has 3 heteroatoms. The van der Waals surface area contributed by atoms with Crippen molar-refractivity contribution in [2.75, 3.05) is 7.11 Å². The van der Waals surface area contributed by atoms with Crippen LogP contribution in [0.25, 0.3) is 0 Å². The van der Waals surface area contributed by atoms with Crippen molar-refractivity contribution < 1.29 is 14.3 Å². The first-order chi connectivity index (χ1) is 13.2. The Morgan fingerprint density at radius 1 is 0.893 bits per heavy atom. The van der Waals surface area contributed by atoms with Gasteiger partial charge in [0.15, 0.2) is 0 Å². The molecule has 0 radical (unpaired) electrons. The van der Waals surface area contributed by atoms with Gasteiger partial charge < -0.3 is 9.47 Å². The van der Waals surface area contributed by atoms with Gasteiger partial charge in [-0.2, -0.15) is 0 Å². The van der Waals surface area contributed by atoms with Crippen LogP contribution in [0.3, 0.4) is 0 Å². The first kappa shape index (κ1) is 23.7. The fourth-order valence-electron chi connectivity index (χ4n) is 3.05. The summed E-state index contributed by atoms with van der Waals surface area (Å²) in [6.45, 7) is 12.1. The topological polar surface area (TPSA) is 35.5 Å². The molecule has 28 heavy (non-hydrogen) atoms. The van der Waals surface area contributed by atoms with E-state index in [-0.39, 0.29) is 5.97 Å². The molecule has 1 aromatic carbocycles. The van der Waals surface area contributed by atoms with E-state index in [1.54, 1.807) is 7.11 Å². The molecule has 3 nitrogen and oxygen atoms in total. The minimum Gasteiger partial charge on any atom is -0.496 e. The number of benzene rings is 1. The molecule has 0 aliphatic rings. The third kappa shape index (κ3) is 8.60. The van der Waals surface area contributed by atoms with E-state index >= 15 is 0 Å². The molecule has 0 aliphatic carbocycles. The van der Waals surface area contributed by atoms with E-state index < -0.39 is 0 Å². The van der Waals surface area contributed by atoms with Gasteiger partial charge in [0.05, 0.1) is 7.11 Å². The van der Waals surface area contributed by atoms with Crippen LogP contribution in [0.4, 0.5) is 0 Å². The minimum absolute atomic E-state index is 0.305. The highest BCUT2D eigenvalue weighted by atomic mass is 16.5. The molecule has 0 aromatic heterocycles. The minimum atomic E-state index is -0.305. The Labute approximate surface area is 171 Å². The summed E-state index contributed by atoms with van der Waals surface area (Å²) in [5.74, 6) is 1.12. The van der Waals surface area contributed by atoms with Gasteiger partial charge in [0.1, 0.15) is 11.5 Å². The molecular formula is C25H36O3. The molecule has 0 spiro atoms. The number of ether oxygens (including phenoxy) is 2. The van der Waals surface area contributed by atoms with Gasteiger partial charge in [-0.15, -0.1) is 0 Å². The summed E-state index contributed by atoms with van der Waals surface area (Å²) in [7, 11) is 1.66. The highest BCUT2D eigenvalue weighted by Gasteiger charge is 2.12. The Morgan fingerprint density at radius 3 is 2.04 bits per heavy atom. The molecule has 0 heterocycles. The van der Waals surface area contributed by atoms with Gasteiger partial charge >= 0.3 is 5.97 Å². The van der Waals surface area contributed by atoms with Crippen LogP contribution < -0.4 is 9.47 Å². The van der Waals surface area contributed by atoms with Crippen molar-refractivity contribution in [3.05, 3.63) is 58.2 Å². The Kier molecular flexibility index (Phi) is 10.4. The predicted molar refractivity (Wildman–Crippen MR) is 118 cm³/mol. The quantitative estimate of drug-likeness (QED) is 0.250. The molecule has 0 saturated carbocycles. The van der Waals surface area contributed by atoms with Crippen molar-refractivity contribution in [1.29, 1.82) is 0 Å². The first-order valence-electron chi connectivity index (χ1n) is 10.0. The maximum absolute atomic E-state index is 11.4. The third-order valence-electron chi connectivity index (χ3n) is 4.76. The van der Waals surface area contributed by atoms with E-state index in [2.05, 4.69) is 45.9 Å². The summed E-state index contributed by atoms with van der Waals surface area (Å²) in [5.41, 5.74) is 6.19. The van der Waals surface area contributed by atoms with E-state index in [0.717, 1.165) is 49.0 Å². The maximum Gasteiger partial charge on any atom is 0.308 e. The molecule has 1 rings (SSSR count). The van der Waals surface area contributed by atoms with Crippen molar-refractivity contribution in [2.24, 2.45) is 0 Å². The third-order valence-corrected chi connectivity index (χ3v) is 4.76. The van der Waals surface area contributed by atoms with E-state index in [1.807, 2.05) is 19.1 Å². The first-order valence-corrected chi connectivity index (χ1v) is 10.0. The lowest BCUT2D eigenvalue weighted by molar-refractivity contribution is -0.131. The van der Waals surface area contributed by atoms with Gasteiger partial charge in [-0.3, -0.25) is 4.79 Å². The summed E-state index contributed by atoms with van der Waals surface area (Å²) in [6.07, 6.45) is 11.9. The highest BCUT2D eigenvalue weighted by Crippen LogP contribution is 2.31. The normalized spacial score (nSPS) is 12.0. The number of carbonyl (C=O) groups excluding carboxylic acids is 1. The SMILES string of the molecule is COc1ccc(OC(C)=O)c(C/C=C(\C)CC/C=C(\C)CCC=C(C)C)c1C. The van der Waals surface area contributed by atoms with E-state index in [0.29, 0.717) is 5.75 Å². The van der Waals surface area contributed by atoms with Crippen molar-refractivity contribution in [3.8, 4) is 11.5 Å². The number of hydrogen-bond donors (Lipinski definition) is 0. The predicted octanol–water partition coefficient (Wildman–Crippen LogP) is 6.89. The zero-order valence-corrected chi connectivity index (χ0v) is 18.6. The van der Waals surface area contributed by atoms with E-state index in [9.17, 15) is 4.79 Å². The second kappa shape index (κ2) is 12.2. The van der Waals surface area contributed by atoms with Crippen LogP contribution in [0.1, 0.15) is 71.4 Å². The molecule has 0 aliphatic heterocycles. The molecule has 0 atom stereocenters. The maximum atomic E-state index is 11.4. The van der Waals surface area contributed by atoms with Gasteiger partial charge in [0.2, 0.25) is 0 Å². The standard InChI is InChI=1S/C25H36O3/c1-18(2)10-8-11-19(3)12-9-13-20(4)14-15-23-21(5)24(27-7)16-17-25(23)28-22(6)26/h10,12,14,16-17H,8-9,11,13,15H2,1-7H3/b19-12+,20-14+. The number of rotatable bonds is 10. The van der Waals surface area contributed by atoms with Crippen molar-refractivity contribution >= 4 is 5.97 Å². The van der Waals surface area contributed by atoms with Gasteiger partial charge in [-0.1, -0.05) is 34.9 Å². The zero-order chi connectivity index (χ0) is 21.1. The van der Waals surface area contributed by atoms with Crippen LogP contribution in [-0.4, -0.2) is 13.1 Å². The van der Waals surface area contributed by atoms with E-state index in [4.69, 9.17) is 9.47 Å². The molecule has 1 aromatic rings. The number of allylic oxidation sites excluding steroid dienone is 6. The Morgan fingerprint density at radius 2 is 1.46 bits per heavy atom. The molecule has 0 saturated heterocycles. The smallest absolute Gasteiger partial charge is 0.308 e. The Balaban J connectivity index is 2.74. The largest absolute Gasteiger partial charge is 0.496 e. The second-order valence-corrected chi connectivity index (χ2v) is 7.63. The van der Waals surface area contributed by atoms with Gasteiger partial charge in [0, 0.05) is 12.5 Å². The summed E-state index contributed by atoms with van der Waals surface area (Å²) >= 11 is 0. The number of hydrogen-bond acceptors (Lipinski definition) is 3. The van der Waals surface area contributed by atoms with Crippen LogP contribution >= 0.6 is 0 Å². The number of carbonyl (C=O) groups is 1. The van der Waals surface area contributed by atoms with Gasteiger partial charge in [0.25, 0.3) is 0 Å². The average molecular weight is 385 g/mol. The summed E-state index contributed by atoms with van der Waals surface area (Å²) in [4.78, 5) is 11.4. The Bertz CT molecular complexity index is 747. The molecule has 0 unspecified atom stereocenters. The lowest BCUT2D eigenvalue weighted by atomic mass is 10.0. The van der Waals surface area contributed by atoms with Gasteiger partial charge in [-0.25, -0.2) is 0 Å². The van der Waals surface area contributed by atoms with Crippen molar-refractivity contribution in [1.82, 2.24) is 0 Å². The average Bonchev–Trinajstić information content (AvgIpc) is 2.60. The van der Waals surface area contributed by atoms with Crippen LogP contribution in [0.5, 0.6) is 11.5 Å². The highest BCUT2D eigenvalue weighted by molar-refractivity contribution is 5.70. The van der Waals surface area contributed by atoms with Crippen LogP contribution in [0, 0.1) is 6.92 Å². The fourth-order valence-corrected chi connectivity index (χ4v) is 3.05. The molecular weight excluding hydrogens is 348 g/mol. The van der Waals surface area contributed by atoms with E-state index in [1.165, 1.54) is 23.6 Å². The van der Waals surface area contributed by atoms with Crippen LogP contribution in [0.15, 0.2) is 47.1 Å². The lowest BCUT2D eigenvalue weighted by Gasteiger charge is -2.14. The van der Waals surface area contributed by atoms with Crippen LogP contribution in [0.2, 0.25) is 0 Å². The summed E-state index contributed by atoms with van der Waals surface area (Å²) < 4.78 is 10.8. The monoisotopic (exact) mass is 384 g/mol. The lowest BCUT2D eigenvalue weighted by Crippen LogP contribution is -2.05. The molecule has 0 amide bonds. The van der Waals surface area contributed by atoms with Crippen molar-refractivity contribution in [3.63, 3.8) is 0 Å². The molecule has 0 N–H and O–H groups in total. The fraction of sp³-hybridized carbons (Fsp3) is 0.480.